The summed E-state index contributed by atoms with van der Waals surface area (Å²) in [4.78, 5) is 0. The van der Waals surface area contributed by atoms with E-state index in [9.17, 15) is 0 Å². The summed E-state index contributed by atoms with van der Waals surface area (Å²) in [5.74, 6) is 2.21. The Morgan fingerprint density at radius 3 is 1.75 bits per heavy atom. The Kier molecular flexibility index (Phi) is 7.64. The minimum absolute atomic E-state index is 1.10. The van der Waals surface area contributed by atoms with Gasteiger partial charge in [0.1, 0.15) is 0 Å². The summed E-state index contributed by atoms with van der Waals surface area (Å²) in [7, 11) is 0. The highest BCUT2D eigenvalue weighted by Crippen LogP contribution is 2.38. The van der Waals surface area contributed by atoms with E-state index in [1.165, 1.54) is 38.5 Å². The average Bonchev–Trinajstić information content (AvgIpc) is 1.97. The third-order valence-electron chi connectivity index (χ3n) is 2.61. The van der Waals surface area contributed by atoms with Crippen LogP contribution in [0.4, 0.5) is 0 Å². The van der Waals surface area contributed by atoms with Gasteiger partial charge in [-0.3, -0.25) is 0 Å². The summed E-state index contributed by atoms with van der Waals surface area (Å²) < 4.78 is 0. The zero-order chi connectivity index (χ0) is 9.40. The second-order valence-electron chi connectivity index (χ2n) is 4.11. The van der Waals surface area contributed by atoms with Crippen molar-refractivity contribution in [2.24, 2.45) is 11.8 Å². The Balaban J connectivity index is 0.000000354. The zero-order valence-electron chi connectivity index (χ0n) is 9.40. The molecule has 0 radical (unpaired) electrons. The maximum atomic E-state index is 2.31. The van der Waals surface area contributed by atoms with Crippen molar-refractivity contribution in [2.45, 2.75) is 66.2 Å². The third kappa shape index (κ3) is 4.79. The molecule has 12 heavy (non-hydrogen) atoms. The Morgan fingerprint density at radius 1 is 0.917 bits per heavy atom. The Labute approximate surface area is 78.8 Å². The molecular formula is C12H26. The van der Waals surface area contributed by atoms with Gasteiger partial charge in [0.05, 0.1) is 0 Å². The van der Waals surface area contributed by atoms with Crippen LogP contribution in [0.2, 0.25) is 0 Å². The van der Waals surface area contributed by atoms with Gasteiger partial charge in [0.25, 0.3) is 0 Å². The van der Waals surface area contributed by atoms with Gasteiger partial charge in [-0.25, -0.2) is 0 Å². The van der Waals surface area contributed by atoms with E-state index in [2.05, 4.69) is 27.7 Å². The van der Waals surface area contributed by atoms with Crippen LogP contribution in [0.25, 0.3) is 0 Å². The van der Waals surface area contributed by atoms with E-state index in [1.807, 2.05) is 0 Å². The zero-order valence-corrected chi connectivity index (χ0v) is 9.40. The van der Waals surface area contributed by atoms with Crippen LogP contribution in [0.3, 0.4) is 0 Å². The minimum Gasteiger partial charge on any atom is -0.0656 e. The van der Waals surface area contributed by atoms with Crippen LogP contribution in [-0.4, -0.2) is 0 Å². The van der Waals surface area contributed by atoms with Crippen LogP contribution in [0.1, 0.15) is 66.2 Å². The molecule has 1 aliphatic carbocycles. The Hall–Kier alpha value is 0. The highest BCUT2D eigenvalue weighted by molar-refractivity contribution is 4.77. The van der Waals surface area contributed by atoms with Crippen molar-refractivity contribution < 1.29 is 0 Å². The molecule has 0 heterocycles. The molecule has 0 bridgehead atoms. The van der Waals surface area contributed by atoms with Crippen LogP contribution in [0.5, 0.6) is 0 Å². The normalized spacial score (nSPS) is 27.0. The molecule has 0 nitrogen and oxygen atoms in total. The van der Waals surface area contributed by atoms with Crippen molar-refractivity contribution in [3.63, 3.8) is 0 Å². The molecule has 1 fully saturated rings. The highest BCUT2D eigenvalue weighted by Gasteiger charge is 2.25. The number of hydrogen-bond acceptors (Lipinski definition) is 0. The first-order valence-electron chi connectivity index (χ1n) is 5.78. The minimum atomic E-state index is 1.10. The molecule has 0 aromatic carbocycles. The molecule has 0 spiro atoms. The van der Waals surface area contributed by atoms with Crippen molar-refractivity contribution in [1.29, 1.82) is 0 Å². The maximum Gasteiger partial charge on any atom is -0.0409 e. The predicted molar refractivity (Wildman–Crippen MR) is 57.4 cm³/mol. The first kappa shape index (κ1) is 12.0. The SMILES string of the molecule is CCC.CCCC1CC(CC)C1. The largest absolute Gasteiger partial charge is 0.0656 e. The standard InChI is InChI=1S/C9H18.C3H8/c1-3-5-9-6-8(4-2)7-9;1-3-2/h8-9H,3-7H2,1-2H3;3H2,1-2H3. The van der Waals surface area contributed by atoms with E-state index in [0.29, 0.717) is 0 Å². The van der Waals surface area contributed by atoms with Gasteiger partial charge in [0, 0.05) is 0 Å². The average molecular weight is 170 g/mol. The van der Waals surface area contributed by atoms with E-state index >= 15 is 0 Å². The third-order valence-corrected chi connectivity index (χ3v) is 2.61. The van der Waals surface area contributed by atoms with Gasteiger partial charge in [0.15, 0.2) is 0 Å². The molecule has 74 valence electrons. The molecule has 0 aromatic rings. The lowest BCUT2D eigenvalue weighted by Gasteiger charge is -2.34. The highest BCUT2D eigenvalue weighted by atomic mass is 14.3. The fourth-order valence-corrected chi connectivity index (χ4v) is 1.85. The van der Waals surface area contributed by atoms with Crippen molar-refractivity contribution in [1.82, 2.24) is 0 Å². The summed E-state index contributed by atoms with van der Waals surface area (Å²) in [6.45, 7) is 8.85. The molecule has 1 aliphatic rings. The van der Waals surface area contributed by atoms with Gasteiger partial charge in [-0.2, -0.15) is 0 Å². The van der Waals surface area contributed by atoms with Crippen LogP contribution in [0, 0.1) is 11.8 Å². The summed E-state index contributed by atoms with van der Waals surface area (Å²) >= 11 is 0. The second kappa shape index (κ2) is 7.64. The first-order valence-corrected chi connectivity index (χ1v) is 5.78. The van der Waals surface area contributed by atoms with E-state index in [1.54, 1.807) is 0 Å². The van der Waals surface area contributed by atoms with Crippen LogP contribution >= 0.6 is 0 Å². The van der Waals surface area contributed by atoms with Crippen molar-refractivity contribution >= 4 is 0 Å². The summed E-state index contributed by atoms with van der Waals surface area (Å²) in [5, 5.41) is 0. The van der Waals surface area contributed by atoms with Gasteiger partial charge >= 0.3 is 0 Å². The van der Waals surface area contributed by atoms with Crippen molar-refractivity contribution in [2.75, 3.05) is 0 Å². The first-order chi connectivity index (χ1) is 5.78. The fraction of sp³-hybridized carbons (Fsp3) is 1.00. The van der Waals surface area contributed by atoms with Gasteiger partial charge in [-0.05, 0) is 24.7 Å². The molecule has 0 saturated heterocycles. The maximum absolute atomic E-state index is 2.31. The van der Waals surface area contributed by atoms with E-state index < -0.39 is 0 Å². The van der Waals surface area contributed by atoms with Crippen LogP contribution in [0.15, 0.2) is 0 Å². The molecule has 0 N–H and O–H groups in total. The van der Waals surface area contributed by atoms with Gasteiger partial charge in [0.2, 0.25) is 0 Å². The van der Waals surface area contributed by atoms with Crippen LogP contribution < -0.4 is 0 Å². The van der Waals surface area contributed by atoms with Gasteiger partial charge in [-0.15, -0.1) is 0 Å². The fourth-order valence-electron chi connectivity index (χ4n) is 1.85. The number of hydrogen-bond donors (Lipinski definition) is 0. The summed E-state index contributed by atoms with van der Waals surface area (Å²) in [6.07, 6.45) is 8.60. The molecule has 0 unspecified atom stereocenters. The molecule has 0 aliphatic heterocycles. The molecule has 0 atom stereocenters. The lowest BCUT2D eigenvalue weighted by molar-refractivity contribution is 0.176. The molecule has 0 amide bonds. The lowest BCUT2D eigenvalue weighted by Crippen LogP contribution is -2.22. The summed E-state index contributed by atoms with van der Waals surface area (Å²) in [5.41, 5.74) is 0. The van der Waals surface area contributed by atoms with Crippen molar-refractivity contribution in [3.05, 3.63) is 0 Å². The molecular weight excluding hydrogens is 144 g/mol. The molecule has 0 aromatic heterocycles. The van der Waals surface area contributed by atoms with Crippen molar-refractivity contribution in [3.8, 4) is 0 Å². The van der Waals surface area contributed by atoms with E-state index in [-0.39, 0.29) is 0 Å². The van der Waals surface area contributed by atoms with Crippen LogP contribution in [-0.2, 0) is 0 Å². The molecule has 0 heteroatoms. The molecule has 1 saturated carbocycles. The predicted octanol–water partition coefficient (Wildman–Crippen LogP) is 4.64. The number of rotatable bonds is 3. The smallest absolute Gasteiger partial charge is 0.0409 e. The van der Waals surface area contributed by atoms with Gasteiger partial charge in [-0.1, -0.05) is 53.4 Å². The topological polar surface area (TPSA) is 0 Å². The molecule has 1 rings (SSSR count). The van der Waals surface area contributed by atoms with Gasteiger partial charge < -0.3 is 0 Å². The lowest BCUT2D eigenvalue weighted by atomic mass is 9.72. The summed E-state index contributed by atoms with van der Waals surface area (Å²) in [6, 6.07) is 0. The Bertz CT molecular complexity index is 80.0. The second-order valence-corrected chi connectivity index (χ2v) is 4.11. The monoisotopic (exact) mass is 170 g/mol. The van der Waals surface area contributed by atoms with E-state index in [0.717, 1.165) is 11.8 Å². The quantitative estimate of drug-likeness (QED) is 0.579. The Morgan fingerprint density at radius 2 is 1.42 bits per heavy atom. The van der Waals surface area contributed by atoms with E-state index in [4.69, 9.17) is 0 Å².